The van der Waals surface area contributed by atoms with Crippen molar-refractivity contribution in [1.29, 1.82) is 0 Å². The van der Waals surface area contributed by atoms with Crippen molar-refractivity contribution in [2.45, 2.75) is 19.8 Å². The summed E-state index contributed by atoms with van der Waals surface area (Å²) in [5.74, 6) is 0.0330. The highest BCUT2D eigenvalue weighted by Crippen LogP contribution is 2.24. The summed E-state index contributed by atoms with van der Waals surface area (Å²) in [4.78, 5) is 27.7. The Labute approximate surface area is 163 Å². The Hall–Kier alpha value is -3.41. The molecule has 3 aromatic rings. The van der Waals surface area contributed by atoms with E-state index in [9.17, 15) is 9.59 Å². The number of anilines is 1. The first-order valence-corrected chi connectivity index (χ1v) is 9.44. The van der Waals surface area contributed by atoms with Crippen molar-refractivity contribution in [1.82, 2.24) is 14.7 Å². The van der Waals surface area contributed by atoms with Gasteiger partial charge in [-0.1, -0.05) is 35.9 Å². The van der Waals surface area contributed by atoms with Gasteiger partial charge in [-0.05, 0) is 44.0 Å². The first-order valence-electron chi connectivity index (χ1n) is 9.44. The molecule has 6 nitrogen and oxygen atoms in total. The number of benzene rings is 2. The van der Waals surface area contributed by atoms with Crippen molar-refractivity contribution in [3.63, 3.8) is 0 Å². The topological polar surface area (TPSA) is 67.2 Å². The summed E-state index contributed by atoms with van der Waals surface area (Å²) in [5, 5.41) is 7.32. The average Bonchev–Trinajstić information content (AvgIpc) is 3.38. The number of para-hydroxylation sites is 1. The lowest BCUT2D eigenvalue weighted by atomic mass is 10.1. The molecule has 1 aliphatic heterocycles. The molecule has 6 heteroatoms. The molecule has 0 spiro atoms. The number of hydrogen-bond donors (Lipinski definition) is 1. The minimum atomic E-state index is -0.267. The van der Waals surface area contributed by atoms with Crippen LogP contribution in [0.4, 0.5) is 5.82 Å². The molecule has 0 unspecified atom stereocenters. The van der Waals surface area contributed by atoms with E-state index in [0.717, 1.165) is 37.2 Å². The van der Waals surface area contributed by atoms with Crippen molar-refractivity contribution in [3.05, 3.63) is 77.5 Å². The smallest absolute Gasteiger partial charge is 0.259 e. The van der Waals surface area contributed by atoms with Crippen LogP contribution in [-0.2, 0) is 0 Å². The quantitative estimate of drug-likeness (QED) is 0.758. The first kappa shape index (κ1) is 18.0. The van der Waals surface area contributed by atoms with Crippen LogP contribution >= 0.6 is 0 Å². The van der Waals surface area contributed by atoms with E-state index >= 15 is 0 Å². The van der Waals surface area contributed by atoms with E-state index in [-0.39, 0.29) is 11.8 Å². The summed E-state index contributed by atoms with van der Waals surface area (Å²) in [5.41, 5.74) is 2.73. The summed E-state index contributed by atoms with van der Waals surface area (Å²) in [6.07, 6.45) is 3.55. The molecule has 0 atom stereocenters. The number of aryl methyl sites for hydroxylation is 1. The molecule has 0 saturated carbocycles. The molecule has 4 rings (SSSR count). The summed E-state index contributed by atoms with van der Waals surface area (Å²) < 4.78 is 1.61. The second-order valence-electron chi connectivity index (χ2n) is 6.98. The predicted molar refractivity (Wildman–Crippen MR) is 108 cm³/mol. The van der Waals surface area contributed by atoms with Crippen molar-refractivity contribution in [3.8, 4) is 5.69 Å². The van der Waals surface area contributed by atoms with Crippen molar-refractivity contribution < 1.29 is 9.59 Å². The van der Waals surface area contributed by atoms with Crippen LogP contribution in [0.3, 0.4) is 0 Å². The zero-order valence-electron chi connectivity index (χ0n) is 15.8. The van der Waals surface area contributed by atoms with Crippen LogP contribution in [0.5, 0.6) is 0 Å². The molecule has 28 heavy (non-hydrogen) atoms. The Kier molecular flexibility index (Phi) is 4.93. The van der Waals surface area contributed by atoms with Crippen molar-refractivity contribution in [2.24, 2.45) is 0 Å². The number of aromatic nitrogens is 2. The number of hydrogen-bond acceptors (Lipinski definition) is 3. The minimum absolute atomic E-state index is 0.0979. The molecular formula is C22H22N4O2. The molecule has 1 N–H and O–H groups in total. The standard InChI is InChI=1S/C22H22N4O2/c1-16-8-7-9-17(14-16)21(27)24-20-19(22(28)25-12-5-6-13-25)15-23-26(20)18-10-3-2-4-11-18/h2-4,7-11,14-15H,5-6,12-13H2,1H3,(H,24,27). The summed E-state index contributed by atoms with van der Waals surface area (Å²) in [7, 11) is 0. The molecule has 1 aliphatic rings. The first-order chi connectivity index (χ1) is 13.6. The van der Waals surface area contributed by atoms with Crippen LogP contribution < -0.4 is 5.32 Å². The van der Waals surface area contributed by atoms with E-state index in [4.69, 9.17) is 0 Å². The highest BCUT2D eigenvalue weighted by Gasteiger charge is 2.26. The molecule has 0 radical (unpaired) electrons. The number of nitrogens with one attached hydrogen (secondary N) is 1. The molecule has 2 aromatic carbocycles. The Balaban J connectivity index is 1.73. The van der Waals surface area contributed by atoms with Crippen LogP contribution in [0, 0.1) is 6.92 Å². The maximum absolute atomic E-state index is 13.0. The summed E-state index contributed by atoms with van der Waals surface area (Å²) in [6, 6.07) is 16.8. The fraction of sp³-hybridized carbons (Fsp3) is 0.227. The third kappa shape index (κ3) is 3.53. The third-order valence-corrected chi connectivity index (χ3v) is 4.91. The average molecular weight is 374 g/mol. The van der Waals surface area contributed by atoms with E-state index in [1.54, 1.807) is 16.9 Å². The van der Waals surface area contributed by atoms with Crippen LogP contribution in [-0.4, -0.2) is 39.6 Å². The number of amides is 2. The highest BCUT2D eigenvalue weighted by atomic mass is 16.2. The van der Waals surface area contributed by atoms with E-state index < -0.39 is 0 Å². The zero-order valence-corrected chi connectivity index (χ0v) is 15.8. The molecule has 0 bridgehead atoms. The van der Waals surface area contributed by atoms with Crippen LogP contribution in [0.2, 0.25) is 0 Å². The Morgan fingerprint density at radius 2 is 1.75 bits per heavy atom. The van der Waals surface area contributed by atoms with E-state index in [1.165, 1.54) is 0 Å². The second-order valence-corrected chi connectivity index (χ2v) is 6.98. The SMILES string of the molecule is Cc1cccc(C(=O)Nc2c(C(=O)N3CCCC3)cnn2-c2ccccc2)c1. The van der Waals surface area contributed by atoms with Gasteiger partial charge in [0, 0.05) is 18.7 Å². The Morgan fingerprint density at radius 1 is 1.00 bits per heavy atom. The fourth-order valence-corrected chi connectivity index (χ4v) is 3.45. The fourth-order valence-electron chi connectivity index (χ4n) is 3.45. The van der Waals surface area contributed by atoms with Gasteiger partial charge in [0.1, 0.15) is 11.4 Å². The molecular weight excluding hydrogens is 352 g/mol. The van der Waals surface area contributed by atoms with Crippen molar-refractivity contribution >= 4 is 17.6 Å². The molecule has 1 aromatic heterocycles. The van der Waals surface area contributed by atoms with Gasteiger partial charge in [-0.25, -0.2) is 4.68 Å². The van der Waals surface area contributed by atoms with Gasteiger partial charge in [-0.15, -0.1) is 0 Å². The van der Waals surface area contributed by atoms with Gasteiger partial charge in [-0.3, -0.25) is 9.59 Å². The van der Waals surface area contributed by atoms with Gasteiger partial charge in [-0.2, -0.15) is 5.10 Å². The maximum Gasteiger partial charge on any atom is 0.259 e. The van der Waals surface area contributed by atoms with Crippen LogP contribution in [0.15, 0.2) is 60.8 Å². The third-order valence-electron chi connectivity index (χ3n) is 4.91. The Morgan fingerprint density at radius 3 is 2.46 bits per heavy atom. The van der Waals surface area contributed by atoms with Crippen LogP contribution in [0.1, 0.15) is 39.1 Å². The lowest BCUT2D eigenvalue weighted by Crippen LogP contribution is -2.28. The lowest BCUT2D eigenvalue weighted by Gasteiger charge is -2.16. The van der Waals surface area contributed by atoms with Crippen LogP contribution in [0.25, 0.3) is 5.69 Å². The molecule has 142 valence electrons. The number of carbonyl (C=O) groups is 2. The molecule has 0 aliphatic carbocycles. The minimum Gasteiger partial charge on any atom is -0.338 e. The van der Waals surface area contributed by atoms with E-state index in [0.29, 0.717) is 16.9 Å². The van der Waals surface area contributed by atoms with Crippen molar-refractivity contribution in [2.75, 3.05) is 18.4 Å². The summed E-state index contributed by atoms with van der Waals surface area (Å²) in [6.45, 7) is 3.41. The Bertz CT molecular complexity index is 1000. The monoisotopic (exact) mass is 374 g/mol. The normalized spacial score (nSPS) is 13.5. The molecule has 1 fully saturated rings. The maximum atomic E-state index is 13.0. The number of carbonyl (C=O) groups excluding carboxylic acids is 2. The summed E-state index contributed by atoms with van der Waals surface area (Å²) >= 11 is 0. The predicted octanol–water partition coefficient (Wildman–Crippen LogP) is 3.67. The number of nitrogens with zero attached hydrogens (tertiary/aromatic N) is 3. The van der Waals surface area contributed by atoms with Gasteiger partial charge >= 0.3 is 0 Å². The molecule has 1 saturated heterocycles. The van der Waals surface area contributed by atoms with Gasteiger partial charge in [0.15, 0.2) is 0 Å². The second kappa shape index (κ2) is 7.68. The van der Waals surface area contributed by atoms with Gasteiger partial charge in [0.05, 0.1) is 11.9 Å². The lowest BCUT2D eigenvalue weighted by molar-refractivity contribution is 0.0794. The van der Waals surface area contributed by atoms with Gasteiger partial charge < -0.3 is 10.2 Å². The zero-order chi connectivity index (χ0) is 19.5. The van der Waals surface area contributed by atoms with E-state index in [2.05, 4.69) is 10.4 Å². The number of rotatable bonds is 4. The largest absolute Gasteiger partial charge is 0.338 e. The number of likely N-dealkylation sites (tertiary alicyclic amines) is 1. The van der Waals surface area contributed by atoms with Gasteiger partial charge in [0.2, 0.25) is 0 Å². The van der Waals surface area contributed by atoms with E-state index in [1.807, 2.05) is 60.4 Å². The van der Waals surface area contributed by atoms with Gasteiger partial charge in [0.25, 0.3) is 11.8 Å². The molecule has 2 heterocycles. The molecule has 2 amide bonds. The highest BCUT2D eigenvalue weighted by molar-refractivity contribution is 6.08.